The van der Waals surface area contributed by atoms with Gasteiger partial charge in [0.25, 0.3) is 0 Å². The van der Waals surface area contributed by atoms with Crippen LogP contribution in [-0.2, 0) is 37.0 Å². The number of nitrogens with one attached hydrogen (secondary N) is 2. The number of carboxylic acids is 1. The van der Waals surface area contributed by atoms with Crippen LogP contribution in [-0.4, -0.2) is 90.7 Å². The molecule has 53 heavy (non-hydrogen) atoms. The van der Waals surface area contributed by atoms with Crippen molar-refractivity contribution >= 4 is 52.0 Å². The van der Waals surface area contributed by atoms with Gasteiger partial charge in [-0.05, 0) is 48.4 Å². The summed E-state index contributed by atoms with van der Waals surface area (Å²) in [6.45, 7) is 3.24. The monoisotopic (exact) mass is 729 g/mol. The molecule has 15 nitrogen and oxygen atoms in total. The average molecular weight is 730 g/mol. The molecular weight excluding hydrogens is 693 g/mol. The molecule has 6 rings (SSSR count). The number of aromatic carboxylic acids is 1. The van der Waals surface area contributed by atoms with E-state index >= 15 is 4.39 Å². The number of carboxylic acid groups (broad SMARTS) is 1. The maximum absolute atomic E-state index is 15.2. The summed E-state index contributed by atoms with van der Waals surface area (Å²) in [5, 5.41) is 14.7. The third-order valence-corrected chi connectivity index (χ3v) is 9.13. The molecule has 0 radical (unpaired) electrons. The molecule has 1 unspecified atom stereocenters. The van der Waals surface area contributed by atoms with E-state index in [2.05, 4.69) is 10.6 Å². The van der Waals surface area contributed by atoms with Gasteiger partial charge in [0.05, 0.1) is 29.6 Å². The van der Waals surface area contributed by atoms with Crippen LogP contribution in [0.3, 0.4) is 0 Å². The predicted molar refractivity (Wildman–Crippen MR) is 189 cm³/mol. The van der Waals surface area contributed by atoms with Gasteiger partial charge in [0.15, 0.2) is 5.76 Å². The van der Waals surface area contributed by atoms with Gasteiger partial charge in [-0.1, -0.05) is 12.1 Å². The van der Waals surface area contributed by atoms with E-state index in [0.717, 1.165) is 12.1 Å². The molecule has 0 spiro atoms. The fourth-order valence-electron chi connectivity index (χ4n) is 6.18. The number of piperazine rings is 1. The number of hydrogen-bond acceptors (Lipinski definition) is 11. The molecule has 3 aromatic rings. The molecular formula is C37H36FN5O10. The number of anilines is 2. The number of amides is 2. The highest BCUT2D eigenvalue weighted by Crippen LogP contribution is 2.36. The van der Waals surface area contributed by atoms with Crippen LogP contribution in [0.25, 0.3) is 10.9 Å². The molecule has 2 aliphatic carbocycles. The first kappa shape index (κ1) is 36.3. The van der Waals surface area contributed by atoms with Crippen LogP contribution in [0.1, 0.15) is 29.3 Å². The number of aromatic nitrogens is 1. The fraction of sp³-hybridized carbons (Fsp3) is 0.297. The first-order valence-corrected chi connectivity index (χ1v) is 16.7. The molecule has 2 aromatic carbocycles. The lowest BCUT2D eigenvalue weighted by molar-refractivity contribution is -0.118. The first-order chi connectivity index (χ1) is 25.4. The van der Waals surface area contributed by atoms with Crippen molar-refractivity contribution in [3.63, 3.8) is 0 Å². The van der Waals surface area contributed by atoms with Gasteiger partial charge in [0.2, 0.25) is 17.0 Å². The van der Waals surface area contributed by atoms with E-state index in [4.69, 9.17) is 14.2 Å². The van der Waals surface area contributed by atoms with E-state index in [1.165, 1.54) is 37.4 Å². The maximum atomic E-state index is 15.2. The summed E-state index contributed by atoms with van der Waals surface area (Å²) in [5.74, 6) is -2.96. The van der Waals surface area contributed by atoms with E-state index in [0.29, 0.717) is 48.4 Å². The van der Waals surface area contributed by atoms with Crippen molar-refractivity contribution in [2.75, 3.05) is 50.6 Å². The number of nitrogens with zero attached hydrogens (tertiary/aromatic N) is 3. The second-order valence-electron chi connectivity index (χ2n) is 12.4. The van der Waals surface area contributed by atoms with Crippen molar-refractivity contribution in [1.82, 2.24) is 14.8 Å². The number of rotatable bonds is 10. The SMILES string of the molecule is CCn1cc(C(=O)O)c(=O)c2cc(F)c(N3CCN(C(=O)OCc4ccc(NC(=O)OC5C/C5=C\C5=C(NC)C(=O)C=C(OC)C5=O)cc4)CC3)cc21. The number of carbonyl (C=O) groups is 5. The predicted octanol–water partition coefficient (Wildman–Crippen LogP) is 3.72. The first-order valence-electron chi connectivity index (χ1n) is 16.7. The fourth-order valence-corrected chi connectivity index (χ4v) is 6.18. The Hall–Kier alpha value is -6.45. The summed E-state index contributed by atoms with van der Waals surface area (Å²) in [5.41, 5.74) is 1.52. The van der Waals surface area contributed by atoms with Crippen LogP contribution in [0.4, 0.5) is 25.4 Å². The summed E-state index contributed by atoms with van der Waals surface area (Å²) in [6, 6.07) is 9.21. The summed E-state index contributed by atoms with van der Waals surface area (Å²) in [7, 11) is 2.84. The number of allylic oxidation sites excluding steroid dienone is 3. The molecule has 276 valence electrons. The molecule has 2 heterocycles. The zero-order valence-electron chi connectivity index (χ0n) is 29.1. The summed E-state index contributed by atoms with van der Waals surface area (Å²) >= 11 is 0. The Morgan fingerprint density at radius 3 is 2.42 bits per heavy atom. The molecule has 3 N–H and O–H groups in total. The number of ketones is 2. The summed E-state index contributed by atoms with van der Waals surface area (Å²) in [4.78, 5) is 77.8. The van der Waals surface area contributed by atoms with E-state index in [-0.39, 0.29) is 47.8 Å². The highest BCUT2D eigenvalue weighted by Gasteiger charge is 2.37. The van der Waals surface area contributed by atoms with Crippen LogP contribution in [0.5, 0.6) is 0 Å². The van der Waals surface area contributed by atoms with Crippen LogP contribution >= 0.6 is 0 Å². The highest BCUT2D eigenvalue weighted by atomic mass is 19.1. The lowest BCUT2D eigenvalue weighted by atomic mass is 9.97. The summed E-state index contributed by atoms with van der Waals surface area (Å²) in [6.07, 6.45) is 2.50. The van der Waals surface area contributed by atoms with Crippen molar-refractivity contribution < 1.29 is 47.7 Å². The largest absolute Gasteiger partial charge is 0.492 e. The number of aryl methyl sites for hydroxylation is 1. The Morgan fingerprint density at radius 1 is 1.06 bits per heavy atom. The zero-order chi connectivity index (χ0) is 38.0. The molecule has 1 aliphatic heterocycles. The second kappa shape index (κ2) is 15.0. The van der Waals surface area contributed by atoms with E-state index in [1.807, 2.05) is 0 Å². The van der Waals surface area contributed by atoms with Crippen LogP contribution in [0.2, 0.25) is 0 Å². The van der Waals surface area contributed by atoms with Crippen molar-refractivity contribution in [2.24, 2.45) is 0 Å². The third-order valence-electron chi connectivity index (χ3n) is 9.13. The summed E-state index contributed by atoms with van der Waals surface area (Å²) < 4.78 is 32.8. The van der Waals surface area contributed by atoms with Gasteiger partial charge < -0.3 is 39.0 Å². The lowest BCUT2D eigenvalue weighted by Crippen LogP contribution is -2.49. The van der Waals surface area contributed by atoms with Crippen molar-refractivity contribution in [2.45, 2.75) is 32.6 Å². The van der Waals surface area contributed by atoms with Gasteiger partial charge in [-0.25, -0.2) is 18.8 Å². The number of ether oxygens (including phenoxy) is 3. The second-order valence-corrected chi connectivity index (χ2v) is 12.4. The Kier molecular flexibility index (Phi) is 10.3. The number of Topliss-reactive ketones (excluding diaryl/α,β-unsaturated/α-hetero) is 1. The Labute approximate surface area is 301 Å². The quantitative estimate of drug-likeness (QED) is 0.257. The normalized spacial score (nSPS) is 17.8. The minimum atomic E-state index is -1.38. The number of hydrogen-bond donors (Lipinski definition) is 3. The minimum Gasteiger partial charge on any atom is -0.492 e. The smallest absolute Gasteiger partial charge is 0.412 e. The Balaban J connectivity index is 0.979. The third kappa shape index (κ3) is 7.61. The van der Waals surface area contributed by atoms with Crippen molar-refractivity contribution in [1.29, 1.82) is 0 Å². The molecule has 1 aromatic heterocycles. The van der Waals surface area contributed by atoms with Gasteiger partial charge in [0, 0.05) is 69.5 Å². The molecule has 0 bridgehead atoms. The standard InChI is InChI=1S/C37H36FN5O10/c1-4-41-18-25(35(47)48)33(45)23-15-26(38)28(16-27(23)41)42-9-11-43(12-10-42)37(50)52-19-20-5-7-22(8-6-20)40-36(49)53-30-14-21(30)13-24-32(39-2)29(44)17-31(51-3)34(24)46/h5-8,13,15-18,30,39H,4,9-12,14,19H2,1-3H3,(H,40,49)(H,47,48)/b21-13+. The van der Waals surface area contributed by atoms with E-state index in [9.17, 15) is 33.9 Å². The van der Waals surface area contributed by atoms with E-state index in [1.54, 1.807) is 40.7 Å². The maximum Gasteiger partial charge on any atom is 0.412 e. The number of likely N-dealkylation sites (N-methyl/N-ethyl adjacent to an activating group) is 1. The van der Waals surface area contributed by atoms with E-state index < -0.39 is 52.6 Å². The minimum absolute atomic E-state index is 0.0182. The van der Waals surface area contributed by atoms with Crippen LogP contribution in [0.15, 0.2) is 82.1 Å². The topological polar surface area (TPSA) is 186 Å². The molecule has 1 saturated carbocycles. The molecule has 1 atom stereocenters. The van der Waals surface area contributed by atoms with Gasteiger partial charge in [-0.2, -0.15) is 0 Å². The van der Waals surface area contributed by atoms with Crippen molar-refractivity contribution in [3.05, 3.63) is 105 Å². The van der Waals surface area contributed by atoms with Gasteiger partial charge in [-0.15, -0.1) is 0 Å². The molecule has 16 heteroatoms. The number of benzene rings is 2. The van der Waals surface area contributed by atoms with Crippen LogP contribution in [0, 0.1) is 5.82 Å². The molecule has 2 amide bonds. The van der Waals surface area contributed by atoms with Crippen molar-refractivity contribution in [3.8, 4) is 0 Å². The van der Waals surface area contributed by atoms with Crippen LogP contribution < -0.4 is 21.0 Å². The number of methoxy groups -OCH3 is 1. The molecule has 3 aliphatic rings. The Bertz CT molecular complexity index is 2180. The average Bonchev–Trinajstić information content (AvgIpc) is 3.88. The number of carbonyl (C=O) groups excluding carboxylic acids is 4. The lowest BCUT2D eigenvalue weighted by Gasteiger charge is -2.35. The number of pyridine rings is 1. The number of fused-ring (bicyclic) bond motifs is 1. The highest BCUT2D eigenvalue weighted by molar-refractivity contribution is 6.23. The molecule has 2 fully saturated rings. The molecule has 1 saturated heterocycles. The van der Waals surface area contributed by atoms with Gasteiger partial charge in [0.1, 0.15) is 24.1 Å². The van der Waals surface area contributed by atoms with Gasteiger partial charge >= 0.3 is 18.2 Å². The Morgan fingerprint density at radius 2 is 1.77 bits per heavy atom. The zero-order valence-corrected chi connectivity index (χ0v) is 29.1. The van der Waals surface area contributed by atoms with Gasteiger partial charge in [-0.3, -0.25) is 19.7 Å². The number of halogens is 1.